The lowest BCUT2D eigenvalue weighted by atomic mass is 9.72. The van der Waals surface area contributed by atoms with Crippen molar-refractivity contribution in [2.45, 2.75) is 57.4 Å². The van der Waals surface area contributed by atoms with Crippen LogP contribution in [0.5, 0.6) is 5.75 Å². The molecule has 3 aliphatic heterocycles. The van der Waals surface area contributed by atoms with Gasteiger partial charge in [0.05, 0.1) is 7.11 Å². The van der Waals surface area contributed by atoms with Crippen LogP contribution >= 0.6 is 0 Å². The monoisotopic (exact) mass is 612 g/mol. The highest BCUT2D eigenvalue weighted by atomic mass is 16.5. The molecule has 232 valence electrons. The van der Waals surface area contributed by atoms with Gasteiger partial charge in [-0.15, -0.1) is 0 Å². The molecule has 0 saturated heterocycles. The molecule has 2 aromatic carbocycles. The van der Waals surface area contributed by atoms with E-state index >= 15 is 0 Å². The Labute approximate surface area is 258 Å². The topological polar surface area (TPSA) is 166 Å². The van der Waals surface area contributed by atoms with E-state index in [2.05, 4.69) is 15.6 Å². The lowest BCUT2D eigenvalue weighted by Crippen LogP contribution is -2.40. The van der Waals surface area contributed by atoms with Gasteiger partial charge in [-0.25, -0.2) is 14.8 Å². The van der Waals surface area contributed by atoms with Crippen molar-refractivity contribution in [2.75, 3.05) is 12.4 Å². The molecule has 2 aromatic heterocycles. The Morgan fingerprint density at radius 3 is 2.71 bits per heavy atom. The molecule has 0 aliphatic carbocycles. The van der Waals surface area contributed by atoms with Crippen LogP contribution in [0.1, 0.15) is 72.1 Å². The van der Waals surface area contributed by atoms with Gasteiger partial charge in [0.25, 0.3) is 0 Å². The first-order chi connectivity index (χ1) is 21.6. The largest absolute Gasteiger partial charge is 0.469 e. The van der Waals surface area contributed by atoms with E-state index in [1.807, 2.05) is 42.5 Å². The first-order valence-corrected chi connectivity index (χ1v) is 14.8. The van der Waals surface area contributed by atoms with Crippen molar-refractivity contribution in [1.82, 2.24) is 15.3 Å². The van der Waals surface area contributed by atoms with Crippen LogP contribution in [0.25, 0.3) is 11.6 Å². The molecule has 7 rings (SSSR count). The molecule has 0 fully saturated rings. The molecule has 3 N–H and O–H groups in total. The summed E-state index contributed by atoms with van der Waals surface area (Å²) < 4.78 is 23.7. The van der Waals surface area contributed by atoms with Gasteiger partial charge in [-0.1, -0.05) is 44.2 Å². The number of carbonyl (C=O) groups is 3. The van der Waals surface area contributed by atoms with Crippen LogP contribution < -0.4 is 15.4 Å². The minimum absolute atomic E-state index is 0.0297. The number of benzene rings is 2. The quantitative estimate of drug-likeness (QED) is 0.270. The maximum atomic E-state index is 13.7. The fourth-order valence-corrected chi connectivity index (χ4v) is 6.54. The molecule has 5 heterocycles. The summed E-state index contributed by atoms with van der Waals surface area (Å²) in [7, 11) is 1.25. The number of nitrogens with one attached hydrogen (secondary N) is 2. The lowest BCUT2D eigenvalue weighted by Gasteiger charge is -2.28. The number of carbonyl (C=O) groups excluding carboxylic acids is 3. The number of oxazole rings is 2. The first kappa shape index (κ1) is 28.8. The highest BCUT2D eigenvalue weighted by molar-refractivity contribution is 5.90. The van der Waals surface area contributed by atoms with Gasteiger partial charge in [-0.3, -0.25) is 9.59 Å². The number of ketones is 1. The molecule has 3 aliphatic rings. The summed E-state index contributed by atoms with van der Waals surface area (Å²) in [6.07, 6.45) is -0.513. The van der Waals surface area contributed by atoms with Crippen molar-refractivity contribution < 1.29 is 37.8 Å². The number of anilines is 1. The van der Waals surface area contributed by atoms with E-state index in [0.717, 1.165) is 22.4 Å². The number of para-hydroxylation sites is 1. The van der Waals surface area contributed by atoms with Crippen LogP contribution in [0.2, 0.25) is 0 Å². The van der Waals surface area contributed by atoms with Crippen molar-refractivity contribution in [3.63, 3.8) is 0 Å². The van der Waals surface area contributed by atoms with E-state index < -0.39 is 41.5 Å². The molecule has 0 saturated carbocycles. The Balaban J connectivity index is 1.45. The Kier molecular flexibility index (Phi) is 6.77. The summed E-state index contributed by atoms with van der Waals surface area (Å²) in [5, 5.41) is 16.9. The van der Waals surface area contributed by atoms with Crippen molar-refractivity contribution in [2.24, 2.45) is 11.8 Å². The van der Waals surface area contributed by atoms with E-state index in [9.17, 15) is 19.5 Å². The normalized spacial score (nSPS) is 23.5. The predicted molar refractivity (Wildman–Crippen MR) is 158 cm³/mol. The molecule has 1 spiro atoms. The second-order valence-corrected chi connectivity index (χ2v) is 12.1. The number of hydrogen-bond donors (Lipinski definition) is 3. The Morgan fingerprint density at radius 2 is 1.93 bits per heavy atom. The number of Topliss-reactive ketones (excluding diaryl/α,β-unsaturated/α-hetero) is 1. The number of aliphatic hydroxyl groups is 1. The highest BCUT2D eigenvalue weighted by Gasteiger charge is 2.61. The minimum Gasteiger partial charge on any atom is -0.469 e. The number of hydrogen-bond acceptors (Lipinski definition) is 11. The average molecular weight is 613 g/mol. The summed E-state index contributed by atoms with van der Waals surface area (Å²) >= 11 is 0. The summed E-state index contributed by atoms with van der Waals surface area (Å²) in [5.74, 6) is -1.33. The molecule has 5 atom stereocenters. The third kappa shape index (κ3) is 4.42. The van der Waals surface area contributed by atoms with E-state index in [1.54, 1.807) is 20.8 Å². The SMILES string of the molecule is COC(=O)c1coc(-c2nc3oc2[C@@]24c5ccccc5NC2Oc2ccc(cc24)C[C@H](CC(=O)[C@@H](O)C(C)C)C(=O)N[C@H]3C)n1. The molecule has 4 aromatic rings. The van der Waals surface area contributed by atoms with Crippen LogP contribution in [0.3, 0.4) is 0 Å². The lowest BCUT2D eigenvalue weighted by molar-refractivity contribution is -0.135. The Bertz CT molecular complexity index is 1840. The maximum Gasteiger partial charge on any atom is 0.360 e. The number of rotatable bonds is 6. The van der Waals surface area contributed by atoms with Gasteiger partial charge in [0, 0.05) is 23.6 Å². The fourth-order valence-electron chi connectivity index (χ4n) is 6.54. The summed E-state index contributed by atoms with van der Waals surface area (Å²) in [6, 6.07) is 12.8. The van der Waals surface area contributed by atoms with Gasteiger partial charge in [0.2, 0.25) is 17.7 Å². The van der Waals surface area contributed by atoms with Crippen molar-refractivity contribution in [3.05, 3.63) is 82.8 Å². The van der Waals surface area contributed by atoms with Gasteiger partial charge in [-0.2, -0.15) is 0 Å². The first-order valence-electron chi connectivity index (χ1n) is 14.8. The second-order valence-electron chi connectivity index (χ2n) is 12.1. The van der Waals surface area contributed by atoms with Crippen LogP contribution in [-0.4, -0.2) is 52.2 Å². The molecular weight excluding hydrogens is 580 g/mol. The molecule has 1 amide bonds. The zero-order valence-electron chi connectivity index (χ0n) is 25.1. The van der Waals surface area contributed by atoms with Crippen LogP contribution in [0.4, 0.5) is 5.69 Å². The smallest absolute Gasteiger partial charge is 0.360 e. The van der Waals surface area contributed by atoms with Crippen molar-refractivity contribution >= 4 is 23.3 Å². The number of methoxy groups -OCH3 is 1. The van der Waals surface area contributed by atoms with Crippen LogP contribution in [-0.2, 0) is 26.2 Å². The fraction of sp³-hybridized carbons (Fsp3) is 0.364. The molecule has 4 bridgehead atoms. The molecule has 0 radical (unpaired) electrons. The van der Waals surface area contributed by atoms with Crippen LogP contribution in [0.15, 0.2) is 57.6 Å². The third-order valence-electron chi connectivity index (χ3n) is 8.84. The van der Waals surface area contributed by atoms with Gasteiger partial charge >= 0.3 is 5.97 Å². The zero-order chi connectivity index (χ0) is 31.6. The van der Waals surface area contributed by atoms with Gasteiger partial charge < -0.3 is 34.0 Å². The summed E-state index contributed by atoms with van der Waals surface area (Å²) in [5.41, 5.74) is 2.41. The molecule has 45 heavy (non-hydrogen) atoms. The number of esters is 1. The molecular formula is C33H32N4O8. The molecule has 12 nitrogen and oxygen atoms in total. The zero-order valence-corrected chi connectivity index (χ0v) is 25.1. The number of fused-ring (bicyclic) bond motifs is 4. The van der Waals surface area contributed by atoms with Crippen LogP contribution in [0, 0.1) is 11.8 Å². The van der Waals surface area contributed by atoms with Crippen molar-refractivity contribution in [3.8, 4) is 17.3 Å². The third-order valence-corrected chi connectivity index (χ3v) is 8.84. The number of ether oxygens (including phenoxy) is 2. The average Bonchev–Trinajstić information content (AvgIpc) is 3.80. The predicted octanol–water partition coefficient (Wildman–Crippen LogP) is 3.92. The summed E-state index contributed by atoms with van der Waals surface area (Å²) in [6.45, 7) is 5.25. The number of amides is 1. The number of nitrogens with zero attached hydrogens (tertiary/aromatic N) is 2. The van der Waals surface area contributed by atoms with Gasteiger partial charge in [-0.05, 0) is 42.5 Å². The number of aromatic nitrogens is 2. The standard InChI is InChI=1S/C33H32N4O8/c1-15(2)26(39)23(38)13-18-11-17-9-10-24-20(12-17)33(19-7-5-6-8-21(19)36-32(33)44-24)27-25(30-35-22(14-43-30)31(41)42-4)37-29(45-27)16(3)34-28(18)40/h5-10,12,14-16,18,26,32,36,39H,11,13H2,1-4H3,(H,34,40)/t16-,18+,26-,32?,33-/m0/s1. The number of aliphatic hydroxyl groups excluding tert-OH is 1. The highest BCUT2D eigenvalue weighted by Crippen LogP contribution is 2.59. The summed E-state index contributed by atoms with van der Waals surface area (Å²) in [4.78, 5) is 48.1. The van der Waals surface area contributed by atoms with E-state index in [1.165, 1.54) is 13.4 Å². The molecule has 12 heteroatoms. The maximum absolute atomic E-state index is 13.7. The van der Waals surface area contributed by atoms with E-state index in [0.29, 0.717) is 11.5 Å². The van der Waals surface area contributed by atoms with Gasteiger partial charge in [0.1, 0.15) is 29.6 Å². The second kappa shape index (κ2) is 10.6. The molecule has 1 unspecified atom stereocenters. The Morgan fingerprint density at radius 1 is 1.13 bits per heavy atom. The van der Waals surface area contributed by atoms with Crippen molar-refractivity contribution in [1.29, 1.82) is 0 Å². The van der Waals surface area contributed by atoms with E-state index in [4.69, 9.17) is 23.3 Å². The van der Waals surface area contributed by atoms with E-state index in [-0.39, 0.29) is 47.8 Å². The Hall–Kier alpha value is -4.97. The minimum atomic E-state index is -1.18. The van der Waals surface area contributed by atoms with Gasteiger partial charge in [0.15, 0.2) is 29.2 Å².